The van der Waals surface area contributed by atoms with Gasteiger partial charge in [0.1, 0.15) is 0 Å². The fourth-order valence-corrected chi connectivity index (χ4v) is 2.66. The Morgan fingerprint density at radius 2 is 1.88 bits per heavy atom. The van der Waals surface area contributed by atoms with Gasteiger partial charge >= 0.3 is 12.0 Å². The lowest BCUT2D eigenvalue weighted by Gasteiger charge is -2.16. The first-order valence-electron chi connectivity index (χ1n) is 8.12. The number of aliphatic carboxylic acids is 1. The molecule has 1 unspecified atom stereocenters. The number of rotatable bonds is 8. The predicted octanol–water partition coefficient (Wildman–Crippen LogP) is 0.851. The highest BCUT2D eigenvalue weighted by Crippen LogP contribution is 2.17. The van der Waals surface area contributed by atoms with Crippen LogP contribution in [0.25, 0.3) is 0 Å². The number of amides is 3. The zero-order valence-electron chi connectivity index (χ0n) is 13.5. The maximum absolute atomic E-state index is 11.7. The molecule has 2 rings (SSSR count). The van der Waals surface area contributed by atoms with Crippen molar-refractivity contribution in [3.63, 3.8) is 0 Å². The Bertz CT molecular complexity index is 576. The van der Waals surface area contributed by atoms with Crippen molar-refractivity contribution in [3.05, 3.63) is 35.9 Å². The molecule has 1 aromatic rings. The molecular formula is C17H23N3O4. The molecular weight excluding hydrogens is 310 g/mol. The van der Waals surface area contributed by atoms with Crippen molar-refractivity contribution in [3.8, 4) is 0 Å². The van der Waals surface area contributed by atoms with Crippen molar-refractivity contribution in [2.45, 2.75) is 19.3 Å². The van der Waals surface area contributed by atoms with E-state index in [9.17, 15) is 14.4 Å². The van der Waals surface area contributed by atoms with Crippen molar-refractivity contribution in [1.82, 2.24) is 15.5 Å². The van der Waals surface area contributed by atoms with Gasteiger partial charge in [-0.25, -0.2) is 4.79 Å². The average molecular weight is 333 g/mol. The SMILES string of the molecule is O=C(NCCCc1ccccc1)NCCN1CC(C(=O)O)CC1=O. The minimum atomic E-state index is -0.949. The van der Waals surface area contributed by atoms with Gasteiger partial charge < -0.3 is 20.6 Å². The van der Waals surface area contributed by atoms with Crippen LogP contribution < -0.4 is 10.6 Å². The molecule has 0 aromatic heterocycles. The van der Waals surface area contributed by atoms with Gasteiger partial charge in [0.25, 0.3) is 0 Å². The van der Waals surface area contributed by atoms with Crippen LogP contribution in [-0.4, -0.2) is 54.1 Å². The molecule has 3 N–H and O–H groups in total. The van der Waals surface area contributed by atoms with E-state index in [1.54, 1.807) is 0 Å². The second kappa shape index (κ2) is 8.90. The molecule has 1 heterocycles. The summed E-state index contributed by atoms with van der Waals surface area (Å²) in [6, 6.07) is 9.78. The molecule has 1 atom stereocenters. The number of carbonyl (C=O) groups excluding carboxylic acids is 2. The normalized spacial score (nSPS) is 16.9. The summed E-state index contributed by atoms with van der Waals surface area (Å²) in [6.07, 6.45) is 1.79. The van der Waals surface area contributed by atoms with Gasteiger partial charge in [0.05, 0.1) is 5.92 Å². The maximum Gasteiger partial charge on any atom is 0.314 e. The molecule has 130 valence electrons. The molecule has 0 saturated carbocycles. The van der Waals surface area contributed by atoms with E-state index in [4.69, 9.17) is 5.11 Å². The summed E-state index contributed by atoms with van der Waals surface area (Å²) in [7, 11) is 0. The van der Waals surface area contributed by atoms with Crippen LogP contribution in [0.3, 0.4) is 0 Å². The first kappa shape index (κ1) is 17.8. The summed E-state index contributed by atoms with van der Waals surface area (Å²) in [5.41, 5.74) is 1.24. The monoisotopic (exact) mass is 333 g/mol. The number of hydrogen-bond acceptors (Lipinski definition) is 3. The Morgan fingerprint density at radius 3 is 2.54 bits per heavy atom. The average Bonchev–Trinajstić information content (AvgIpc) is 2.94. The van der Waals surface area contributed by atoms with E-state index < -0.39 is 11.9 Å². The zero-order valence-corrected chi connectivity index (χ0v) is 13.5. The number of likely N-dealkylation sites (tertiary alicyclic amines) is 1. The molecule has 1 aliphatic rings. The van der Waals surface area contributed by atoms with E-state index >= 15 is 0 Å². The minimum absolute atomic E-state index is 0.0427. The number of carboxylic acid groups (broad SMARTS) is 1. The zero-order chi connectivity index (χ0) is 17.4. The molecule has 7 heteroatoms. The van der Waals surface area contributed by atoms with Crippen LogP contribution in [0.1, 0.15) is 18.4 Å². The summed E-state index contributed by atoms with van der Waals surface area (Å²) < 4.78 is 0. The van der Waals surface area contributed by atoms with Crippen LogP contribution in [-0.2, 0) is 16.0 Å². The molecule has 0 bridgehead atoms. The van der Waals surface area contributed by atoms with Crippen LogP contribution in [0.5, 0.6) is 0 Å². The predicted molar refractivity (Wildman–Crippen MR) is 88.5 cm³/mol. The smallest absolute Gasteiger partial charge is 0.314 e. The third-order valence-electron chi connectivity index (χ3n) is 4.00. The van der Waals surface area contributed by atoms with Gasteiger partial charge in [-0.1, -0.05) is 30.3 Å². The Labute approximate surface area is 141 Å². The lowest BCUT2D eigenvalue weighted by molar-refractivity contribution is -0.141. The number of urea groups is 1. The quantitative estimate of drug-likeness (QED) is 0.614. The van der Waals surface area contributed by atoms with Gasteiger partial charge in [-0.3, -0.25) is 9.59 Å². The first-order chi connectivity index (χ1) is 11.6. The molecule has 7 nitrogen and oxygen atoms in total. The molecule has 1 fully saturated rings. The molecule has 1 aromatic carbocycles. The molecule has 24 heavy (non-hydrogen) atoms. The third kappa shape index (κ3) is 5.57. The molecule has 0 aliphatic carbocycles. The largest absolute Gasteiger partial charge is 0.481 e. The molecule has 1 aliphatic heterocycles. The Balaban J connectivity index is 1.55. The van der Waals surface area contributed by atoms with Crippen molar-refractivity contribution in [2.24, 2.45) is 5.92 Å². The van der Waals surface area contributed by atoms with Crippen LogP contribution in [0.2, 0.25) is 0 Å². The van der Waals surface area contributed by atoms with E-state index in [1.165, 1.54) is 10.5 Å². The van der Waals surface area contributed by atoms with E-state index in [-0.39, 0.29) is 24.9 Å². The lowest BCUT2D eigenvalue weighted by Crippen LogP contribution is -2.41. The standard InChI is InChI=1S/C17H23N3O4/c21-15-11-14(16(22)23)12-20(15)10-9-19-17(24)18-8-4-7-13-5-2-1-3-6-13/h1-3,5-6,14H,4,7-12H2,(H,22,23)(H2,18,19,24). The lowest BCUT2D eigenvalue weighted by atomic mass is 10.1. The second-order valence-electron chi connectivity index (χ2n) is 5.85. The van der Waals surface area contributed by atoms with Crippen LogP contribution >= 0.6 is 0 Å². The van der Waals surface area contributed by atoms with E-state index in [2.05, 4.69) is 22.8 Å². The fourth-order valence-electron chi connectivity index (χ4n) is 2.66. The molecule has 0 spiro atoms. The summed E-state index contributed by atoms with van der Waals surface area (Å²) in [6.45, 7) is 1.43. The third-order valence-corrected chi connectivity index (χ3v) is 4.00. The molecule has 1 saturated heterocycles. The number of carbonyl (C=O) groups is 3. The van der Waals surface area contributed by atoms with Crippen molar-refractivity contribution < 1.29 is 19.5 Å². The van der Waals surface area contributed by atoms with Crippen LogP contribution in [0.15, 0.2) is 30.3 Å². The van der Waals surface area contributed by atoms with Gasteiger partial charge in [-0.2, -0.15) is 0 Å². The van der Waals surface area contributed by atoms with E-state index in [0.717, 1.165) is 12.8 Å². The Kier molecular flexibility index (Phi) is 6.60. The minimum Gasteiger partial charge on any atom is -0.481 e. The van der Waals surface area contributed by atoms with E-state index in [1.807, 2.05) is 18.2 Å². The van der Waals surface area contributed by atoms with Crippen molar-refractivity contribution >= 4 is 17.9 Å². The fraction of sp³-hybridized carbons (Fsp3) is 0.471. The van der Waals surface area contributed by atoms with Crippen LogP contribution in [0.4, 0.5) is 4.79 Å². The molecule has 0 radical (unpaired) electrons. The topological polar surface area (TPSA) is 98.7 Å². The number of carboxylic acids is 1. The van der Waals surface area contributed by atoms with Crippen molar-refractivity contribution in [2.75, 3.05) is 26.2 Å². The number of nitrogens with one attached hydrogen (secondary N) is 2. The van der Waals surface area contributed by atoms with Crippen molar-refractivity contribution in [1.29, 1.82) is 0 Å². The summed E-state index contributed by atoms with van der Waals surface area (Å²) in [5, 5.41) is 14.4. The van der Waals surface area contributed by atoms with Gasteiger partial charge in [-0.15, -0.1) is 0 Å². The number of hydrogen-bond donors (Lipinski definition) is 3. The summed E-state index contributed by atoms with van der Waals surface area (Å²) >= 11 is 0. The Morgan fingerprint density at radius 1 is 1.17 bits per heavy atom. The van der Waals surface area contributed by atoms with Gasteiger partial charge in [0.15, 0.2) is 0 Å². The second-order valence-corrected chi connectivity index (χ2v) is 5.85. The first-order valence-corrected chi connectivity index (χ1v) is 8.12. The summed E-state index contributed by atoms with van der Waals surface area (Å²) in [4.78, 5) is 35.7. The summed E-state index contributed by atoms with van der Waals surface area (Å²) in [5.74, 6) is -1.76. The number of nitrogens with zero attached hydrogens (tertiary/aromatic N) is 1. The maximum atomic E-state index is 11.7. The molecule has 3 amide bonds. The highest BCUT2D eigenvalue weighted by atomic mass is 16.4. The Hall–Kier alpha value is -2.57. The van der Waals surface area contributed by atoms with Gasteiger partial charge in [-0.05, 0) is 18.4 Å². The highest BCUT2D eigenvalue weighted by molar-refractivity contribution is 5.86. The van der Waals surface area contributed by atoms with Gasteiger partial charge in [0, 0.05) is 32.6 Å². The van der Waals surface area contributed by atoms with Gasteiger partial charge in [0.2, 0.25) is 5.91 Å². The number of aryl methyl sites for hydroxylation is 1. The highest BCUT2D eigenvalue weighted by Gasteiger charge is 2.33. The number of benzene rings is 1. The van der Waals surface area contributed by atoms with E-state index in [0.29, 0.717) is 19.6 Å². The van der Waals surface area contributed by atoms with Crippen LogP contribution in [0, 0.1) is 5.92 Å².